The molecule has 2 fully saturated rings. The minimum atomic E-state index is -4.36. The molecular weight excluding hydrogens is 443 g/mol. The number of anilines is 1. The molecule has 174 valence electrons. The van der Waals surface area contributed by atoms with Gasteiger partial charge in [-0.1, -0.05) is 18.2 Å². The Morgan fingerprint density at radius 3 is 2.25 bits per heavy atom. The van der Waals surface area contributed by atoms with Crippen molar-refractivity contribution in [1.29, 1.82) is 0 Å². The Kier molecular flexibility index (Phi) is 6.75. The standard InChI is InChI=1S/C22H26F3N3O3S/c23-22(24,25)19-4-2-5-20(16-19)27-9-7-26(8-10-27)17-18-3-1-6-21(15-18)32(29,30)28-11-13-31-14-12-28/h1-6,15-16H,7-14,17H2. The summed E-state index contributed by atoms with van der Waals surface area (Å²) < 4.78 is 71.5. The third-order valence-electron chi connectivity index (χ3n) is 5.82. The number of rotatable bonds is 5. The van der Waals surface area contributed by atoms with Gasteiger partial charge in [0.1, 0.15) is 0 Å². The highest BCUT2D eigenvalue weighted by Crippen LogP contribution is 2.32. The Labute approximate surface area is 186 Å². The molecule has 2 saturated heterocycles. The molecule has 0 amide bonds. The SMILES string of the molecule is O=S(=O)(c1cccc(CN2CCN(c3cccc(C(F)(F)F)c3)CC2)c1)N1CCOCC1. The van der Waals surface area contributed by atoms with Gasteiger partial charge in [0, 0.05) is 51.5 Å². The molecule has 10 heteroatoms. The number of hydrogen-bond acceptors (Lipinski definition) is 5. The van der Waals surface area contributed by atoms with Crippen molar-refractivity contribution in [2.75, 3.05) is 57.4 Å². The summed E-state index contributed by atoms with van der Waals surface area (Å²) in [6.07, 6.45) is -4.36. The van der Waals surface area contributed by atoms with Gasteiger partial charge < -0.3 is 9.64 Å². The van der Waals surface area contributed by atoms with E-state index < -0.39 is 21.8 Å². The normalized spacial score (nSPS) is 19.3. The van der Waals surface area contributed by atoms with E-state index in [1.54, 1.807) is 24.3 Å². The zero-order valence-corrected chi connectivity index (χ0v) is 18.4. The van der Waals surface area contributed by atoms with Gasteiger partial charge >= 0.3 is 6.18 Å². The number of benzene rings is 2. The van der Waals surface area contributed by atoms with E-state index in [9.17, 15) is 21.6 Å². The zero-order valence-electron chi connectivity index (χ0n) is 17.6. The van der Waals surface area contributed by atoms with E-state index in [1.807, 2.05) is 11.0 Å². The molecule has 0 bridgehead atoms. The Bertz CT molecular complexity index is 1030. The number of hydrogen-bond donors (Lipinski definition) is 0. The molecule has 6 nitrogen and oxygen atoms in total. The summed E-state index contributed by atoms with van der Waals surface area (Å²) >= 11 is 0. The van der Waals surface area contributed by atoms with E-state index in [1.165, 1.54) is 16.4 Å². The van der Waals surface area contributed by atoms with Crippen molar-refractivity contribution in [3.05, 3.63) is 59.7 Å². The van der Waals surface area contributed by atoms with E-state index in [-0.39, 0.29) is 4.90 Å². The van der Waals surface area contributed by atoms with Gasteiger partial charge in [-0.3, -0.25) is 4.90 Å². The van der Waals surface area contributed by atoms with Crippen LogP contribution in [0.3, 0.4) is 0 Å². The van der Waals surface area contributed by atoms with Crippen LogP contribution in [0.25, 0.3) is 0 Å². The molecule has 2 aromatic carbocycles. The van der Waals surface area contributed by atoms with Crippen molar-refractivity contribution in [2.24, 2.45) is 0 Å². The van der Waals surface area contributed by atoms with Crippen LogP contribution < -0.4 is 4.90 Å². The topological polar surface area (TPSA) is 53.1 Å². The Morgan fingerprint density at radius 2 is 1.56 bits per heavy atom. The van der Waals surface area contributed by atoms with Crippen LogP contribution in [0.4, 0.5) is 18.9 Å². The lowest BCUT2D eigenvalue weighted by Gasteiger charge is -2.36. The summed E-state index contributed by atoms with van der Waals surface area (Å²) in [6.45, 7) is 4.65. The molecule has 0 radical (unpaired) electrons. The maximum atomic E-state index is 13.0. The first kappa shape index (κ1) is 23.0. The number of ether oxygens (including phenoxy) is 1. The van der Waals surface area contributed by atoms with Crippen LogP contribution in [0.2, 0.25) is 0 Å². The molecule has 2 aromatic rings. The first-order valence-electron chi connectivity index (χ1n) is 10.5. The summed E-state index contributed by atoms with van der Waals surface area (Å²) in [4.78, 5) is 4.41. The second-order valence-corrected chi connectivity index (χ2v) is 9.91. The molecule has 0 unspecified atom stereocenters. The molecular formula is C22H26F3N3O3S. The predicted octanol–water partition coefficient (Wildman–Crippen LogP) is 3.05. The highest BCUT2D eigenvalue weighted by molar-refractivity contribution is 7.89. The molecule has 2 heterocycles. The molecule has 0 spiro atoms. The summed E-state index contributed by atoms with van der Waals surface area (Å²) in [5.41, 5.74) is 0.820. The predicted molar refractivity (Wildman–Crippen MR) is 115 cm³/mol. The lowest BCUT2D eigenvalue weighted by atomic mass is 10.1. The van der Waals surface area contributed by atoms with Gasteiger partial charge in [0.2, 0.25) is 10.0 Å². The van der Waals surface area contributed by atoms with Crippen molar-refractivity contribution in [2.45, 2.75) is 17.6 Å². The van der Waals surface area contributed by atoms with Crippen molar-refractivity contribution >= 4 is 15.7 Å². The number of sulfonamides is 1. The third-order valence-corrected chi connectivity index (χ3v) is 7.72. The van der Waals surface area contributed by atoms with E-state index in [0.717, 1.165) is 11.6 Å². The third kappa shape index (κ3) is 5.25. The van der Waals surface area contributed by atoms with Crippen LogP contribution in [-0.2, 0) is 27.5 Å². The summed E-state index contributed by atoms with van der Waals surface area (Å²) in [7, 11) is -3.55. The van der Waals surface area contributed by atoms with Crippen molar-refractivity contribution in [3.63, 3.8) is 0 Å². The molecule has 32 heavy (non-hydrogen) atoms. The minimum Gasteiger partial charge on any atom is -0.379 e. The first-order valence-corrected chi connectivity index (χ1v) is 12.0. The van der Waals surface area contributed by atoms with Crippen molar-refractivity contribution < 1.29 is 26.3 Å². The number of nitrogens with zero attached hydrogens (tertiary/aromatic N) is 3. The quantitative estimate of drug-likeness (QED) is 0.674. The highest BCUT2D eigenvalue weighted by atomic mass is 32.2. The number of halogens is 3. The monoisotopic (exact) mass is 469 g/mol. The molecule has 0 N–H and O–H groups in total. The molecule has 4 rings (SSSR count). The van der Waals surface area contributed by atoms with Gasteiger partial charge in [0.05, 0.1) is 23.7 Å². The average molecular weight is 470 g/mol. The van der Waals surface area contributed by atoms with Crippen LogP contribution >= 0.6 is 0 Å². The van der Waals surface area contributed by atoms with Crippen LogP contribution in [0, 0.1) is 0 Å². The van der Waals surface area contributed by atoms with Gasteiger partial charge in [-0.05, 0) is 35.9 Å². The zero-order chi connectivity index (χ0) is 22.8. The lowest BCUT2D eigenvalue weighted by Crippen LogP contribution is -2.46. The smallest absolute Gasteiger partial charge is 0.379 e. The van der Waals surface area contributed by atoms with Gasteiger partial charge in [0.25, 0.3) is 0 Å². The summed E-state index contributed by atoms with van der Waals surface area (Å²) in [5, 5.41) is 0. The van der Waals surface area contributed by atoms with E-state index in [2.05, 4.69) is 4.90 Å². The molecule has 2 aliphatic rings. The average Bonchev–Trinajstić information content (AvgIpc) is 2.80. The van der Waals surface area contributed by atoms with Crippen molar-refractivity contribution in [3.8, 4) is 0 Å². The minimum absolute atomic E-state index is 0.277. The summed E-state index contributed by atoms with van der Waals surface area (Å²) in [5.74, 6) is 0. The number of morpholine rings is 1. The van der Waals surface area contributed by atoms with Crippen LogP contribution in [0.1, 0.15) is 11.1 Å². The van der Waals surface area contributed by atoms with Gasteiger partial charge in [-0.25, -0.2) is 8.42 Å². The van der Waals surface area contributed by atoms with E-state index >= 15 is 0 Å². The fourth-order valence-corrected chi connectivity index (χ4v) is 5.52. The van der Waals surface area contributed by atoms with E-state index in [4.69, 9.17) is 4.74 Å². The largest absolute Gasteiger partial charge is 0.416 e. The first-order chi connectivity index (χ1) is 15.2. The Hall–Kier alpha value is -2.14. The van der Waals surface area contributed by atoms with Gasteiger partial charge in [-0.2, -0.15) is 17.5 Å². The van der Waals surface area contributed by atoms with E-state index in [0.29, 0.717) is 64.7 Å². The second-order valence-electron chi connectivity index (χ2n) is 7.98. The fourth-order valence-electron chi connectivity index (χ4n) is 4.04. The fraction of sp³-hybridized carbons (Fsp3) is 0.455. The maximum absolute atomic E-state index is 13.0. The molecule has 2 aliphatic heterocycles. The molecule has 0 aromatic heterocycles. The van der Waals surface area contributed by atoms with Crippen molar-refractivity contribution in [1.82, 2.24) is 9.21 Å². The molecule has 0 saturated carbocycles. The van der Waals surface area contributed by atoms with Crippen LogP contribution in [0.15, 0.2) is 53.4 Å². The second kappa shape index (κ2) is 9.38. The van der Waals surface area contributed by atoms with Crippen LogP contribution in [-0.4, -0.2) is 70.1 Å². The highest BCUT2D eigenvalue weighted by Gasteiger charge is 2.31. The maximum Gasteiger partial charge on any atom is 0.416 e. The number of alkyl halides is 3. The van der Waals surface area contributed by atoms with Crippen LogP contribution in [0.5, 0.6) is 0 Å². The molecule has 0 atom stereocenters. The Balaban J connectivity index is 1.38. The van der Waals surface area contributed by atoms with Gasteiger partial charge in [-0.15, -0.1) is 0 Å². The lowest BCUT2D eigenvalue weighted by molar-refractivity contribution is -0.137. The summed E-state index contributed by atoms with van der Waals surface area (Å²) in [6, 6.07) is 12.4. The van der Waals surface area contributed by atoms with Gasteiger partial charge in [0.15, 0.2) is 0 Å². The molecule has 0 aliphatic carbocycles. The Morgan fingerprint density at radius 1 is 0.875 bits per heavy atom. The number of piperazine rings is 1.